The SMILES string of the molecule is CC(C)Oc1ncccc1NCc1cnnn1C. The van der Waals surface area contributed by atoms with Crippen LogP contribution in [0.3, 0.4) is 0 Å². The van der Waals surface area contributed by atoms with Gasteiger partial charge in [-0.25, -0.2) is 4.98 Å². The van der Waals surface area contributed by atoms with E-state index in [1.807, 2.05) is 33.0 Å². The summed E-state index contributed by atoms with van der Waals surface area (Å²) in [5.74, 6) is 0.614. The summed E-state index contributed by atoms with van der Waals surface area (Å²) in [4.78, 5) is 4.22. The highest BCUT2D eigenvalue weighted by Gasteiger charge is 2.07. The van der Waals surface area contributed by atoms with Crippen LogP contribution in [0, 0.1) is 0 Å². The zero-order valence-electron chi connectivity index (χ0n) is 10.8. The standard InChI is InChI=1S/C12H17N5O/c1-9(2)18-12-11(5-4-6-13-12)14-7-10-8-15-16-17(10)3/h4-6,8-9,14H,7H2,1-3H3. The lowest BCUT2D eigenvalue weighted by atomic mass is 10.3. The van der Waals surface area contributed by atoms with Gasteiger partial charge in [0.05, 0.1) is 30.2 Å². The van der Waals surface area contributed by atoms with Gasteiger partial charge in [-0.05, 0) is 26.0 Å². The monoisotopic (exact) mass is 247 g/mol. The van der Waals surface area contributed by atoms with Crippen molar-refractivity contribution in [1.82, 2.24) is 20.0 Å². The first-order valence-corrected chi connectivity index (χ1v) is 5.86. The third-order valence-corrected chi connectivity index (χ3v) is 2.39. The molecule has 1 N–H and O–H groups in total. The first-order chi connectivity index (χ1) is 8.66. The Balaban J connectivity index is 2.07. The van der Waals surface area contributed by atoms with E-state index in [0.717, 1.165) is 11.4 Å². The highest BCUT2D eigenvalue weighted by atomic mass is 16.5. The van der Waals surface area contributed by atoms with Crippen molar-refractivity contribution in [3.8, 4) is 5.88 Å². The molecule has 0 fully saturated rings. The Morgan fingerprint density at radius 1 is 1.44 bits per heavy atom. The molecule has 0 aliphatic heterocycles. The summed E-state index contributed by atoms with van der Waals surface area (Å²) in [6.45, 7) is 4.58. The second-order valence-corrected chi connectivity index (χ2v) is 4.23. The maximum absolute atomic E-state index is 5.63. The van der Waals surface area contributed by atoms with Crippen molar-refractivity contribution in [1.29, 1.82) is 0 Å². The Morgan fingerprint density at radius 3 is 2.94 bits per heavy atom. The zero-order valence-corrected chi connectivity index (χ0v) is 10.8. The smallest absolute Gasteiger partial charge is 0.237 e. The average molecular weight is 247 g/mol. The Kier molecular flexibility index (Phi) is 3.76. The van der Waals surface area contributed by atoms with E-state index in [9.17, 15) is 0 Å². The summed E-state index contributed by atoms with van der Waals surface area (Å²) >= 11 is 0. The van der Waals surface area contributed by atoms with E-state index in [4.69, 9.17) is 4.74 Å². The molecular formula is C12H17N5O. The highest BCUT2D eigenvalue weighted by molar-refractivity contribution is 5.52. The van der Waals surface area contributed by atoms with E-state index in [-0.39, 0.29) is 6.10 Å². The second-order valence-electron chi connectivity index (χ2n) is 4.23. The lowest BCUT2D eigenvalue weighted by Gasteiger charge is -2.13. The van der Waals surface area contributed by atoms with Crippen LogP contribution in [0.4, 0.5) is 5.69 Å². The van der Waals surface area contributed by atoms with Gasteiger partial charge in [-0.3, -0.25) is 4.68 Å². The molecule has 2 heterocycles. The normalized spacial score (nSPS) is 10.7. The molecule has 0 saturated carbocycles. The maximum Gasteiger partial charge on any atom is 0.237 e. The van der Waals surface area contributed by atoms with Gasteiger partial charge in [-0.2, -0.15) is 0 Å². The van der Waals surface area contributed by atoms with Crippen molar-refractivity contribution >= 4 is 5.69 Å². The molecule has 0 radical (unpaired) electrons. The van der Waals surface area contributed by atoms with Gasteiger partial charge in [0.15, 0.2) is 0 Å². The Hall–Kier alpha value is -2.11. The van der Waals surface area contributed by atoms with Crippen molar-refractivity contribution in [3.05, 3.63) is 30.2 Å². The zero-order chi connectivity index (χ0) is 13.0. The summed E-state index contributed by atoms with van der Waals surface area (Å²) < 4.78 is 7.36. The summed E-state index contributed by atoms with van der Waals surface area (Å²) in [6, 6.07) is 3.81. The first kappa shape index (κ1) is 12.3. The molecule has 6 heteroatoms. The van der Waals surface area contributed by atoms with Crippen LogP contribution in [0.15, 0.2) is 24.5 Å². The summed E-state index contributed by atoms with van der Waals surface area (Å²) in [5.41, 5.74) is 1.86. The van der Waals surface area contributed by atoms with Crippen molar-refractivity contribution in [2.24, 2.45) is 7.05 Å². The molecule has 0 aromatic carbocycles. The van der Waals surface area contributed by atoms with Gasteiger partial charge in [0.25, 0.3) is 0 Å². The molecule has 0 amide bonds. The van der Waals surface area contributed by atoms with Crippen molar-refractivity contribution in [2.45, 2.75) is 26.5 Å². The van der Waals surface area contributed by atoms with Crippen LogP contribution in [0.2, 0.25) is 0 Å². The number of nitrogens with one attached hydrogen (secondary N) is 1. The van der Waals surface area contributed by atoms with Gasteiger partial charge in [0, 0.05) is 13.2 Å². The number of aryl methyl sites for hydroxylation is 1. The Bertz CT molecular complexity index is 509. The van der Waals surface area contributed by atoms with E-state index in [1.165, 1.54) is 0 Å². The van der Waals surface area contributed by atoms with E-state index in [0.29, 0.717) is 12.4 Å². The van der Waals surface area contributed by atoms with E-state index >= 15 is 0 Å². The molecular weight excluding hydrogens is 230 g/mol. The topological polar surface area (TPSA) is 64.9 Å². The van der Waals surface area contributed by atoms with Crippen LogP contribution < -0.4 is 10.1 Å². The van der Waals surface area contributed by atoms with Gasteiger partial charge in [-0.1, -0.05) is 5.21 Å². The first-order valence-electron chi connectivity index (χ1n) is 5.86. The summed E-state index contributed by atoms with van der Waals surface area (Å²) in [6.07, 6.45) is 3.54. The minimum Gasteiger partial charge on any atom is -0.473 e. The molecule has 2 aromatic rings. The molecule has 18 heavy (non-hydrogen) atoms. The largest absolute Gasteiger partial charge is 0.473 e. The van der Waals surface area contributed by atoms with Crippen LogP contribution in [0.5, 0.6) is 5.88 Å². The molecule has 0 aliphatic rings. The molecule has 0 aliphatic carbocycles. The van der Waals surface area contributed by atoms with Crippen LogP contribution in [-0.4, -0.2) is 26.1 Å². The van der Waals surface area contributed by atoms with Crippen LogP contribution in [0.25, 0.3) is 0 Å². The Labute approximate surface area is 106 Å². The summed E-state index contributed by atoms with van der Waals surface area (Å²) in [5, 5.41) is 11.0. The van der Waals surface area contributed by atoms with Crippen LogP contribution in [0.1, 0.15) is 19.5 Å². The van der Waals surface area contributed by atoms with Gasteiger partial charge >= 0.3 is 0 Å². The molecule has 2 aromatic heterocycles. The van der Waals surface area contributed by atoms with Gasteiger partial charge < -0.3 is 10.1 Å². The van der Waals surface area contributed by atoms with Gasteiger partial charge in [-0.15, -0.1) is 5.10 Å². The molecule has 2 rings (SSSR count). The lowest BCUT2D eigenvalue weighted by molar-refractivity contribution is 0.234. The van der Waals surface area contributed by atoms with Crippen LogP contribution >= 0.6 is 0 Å². The van der Waals surface area contributed by atoms with Gasteiger partial charge in [0.2, 0.25) is 5.88 Å². The Morgan fingerprint density at radius 2 is 2.28 bits per heavy atom. The number of anilines is 1. The number of ether oxygens (including phenoxy) is 1. The molecule has 0 bridgehead atoms. The minimum atomic E-state index is 0.0961. The molecule has 0 atom stereocenters. The summed E-state index contributed by atoms with van der Waals surface area (Å²) in [7, 11) is 1.86. The number of aromatic nitrogens is 4. The second kappa shape index (κ2) is 5.48. The third kappa shape index (κ3) is 2.97. The fourth-order valence-corrected chi connectivity index (χ4v) is 1.50. The van der Waals surface area contributed by atoms with Crippen LogP contribution in [-0.2, 0) is 13.6 Å². The van der Waals surface area contributed by atoms with Crippen molar-refractivity contribution in [3.63, 3.8) is 0 Å². The molecule has 0 spiro atoms. The predicted molar refractivity (Wildman–Crippen MR) is 68.3 cm³/mol. The highest BCUT2D eigenvalue weighted by Crippen LogP contribution is 2.22. The quantitative estimate of drug-likeness (QED) is 0.869. The predicted octanol–water partition coefficient (Wildman–Crippen LogP) is 1.61. The number of pyridine rings is 1. The fourth-order valence-electron chi connectivity index (χ4n) is 1.50. The number of hydrogen-bond donors (Lipinski definition) is 1. The molecule has 0 saturated heterocycles. The van der Waals surface area contributed by atoms with E-state index < -0.39 is 0 Å². The number of hydrogen-bond acceptors (Lipinski definition) is 5. The minimum absolute atomic E-state index is 0.0961. The molecule has 96 valence electrons. The van der Waals surface area contributed by atoms with Crippen molar-refractivity contribution in [2.75, 3.05) is 5.32 Å². The third-order valence-electron chi connectivity index (χ3n) is 2.39. The number of nitrogens with zero attached hydrogens (tertiary/aromatic N) is 4. The fraction of sp³-hybridized carbons (Fsp3) is 0.417. The molecule has 6 nitrogen and oxygen atoms in total. The van der Waals surface area contributed by atoms with E-state index in [2.05, 4.69) is 20.6 Å². The van der Waals surface area contributed by atoms with Crippen molar-refractivity contribution < 1.29 is 4.74 Å². The average Bonchev–Trinajstić information content (AvgIpc) is 2.73. The molecule has 0 unspecified atom stereocenters. The van der Waals surface area contributed by atoms with E-state index in [1.54, 1.807) is 17.1 Å². The maximum atomic E-state index is 5.63. The van der Waals surface area contributed by atoms with Gasteiger partial charge in [0.1, 0.15) is 0 Å². The number of rotatable bonds is 5. The lowest BCUT2D eigenvalue weighted by Crippen LogP contribution is -2.11.